The van der Waals surface area contributed by atoms with Gasteiger partial charge in [0.1, 0.15) is 0 Å². The molecule has 0 N–H and O–H groups in total. The minimum absolute atomic E-state index is 0.181. The number of hydrogen-bond acceptors (Lipinski definition) is 1. The first-order valence-electron chi connectivity index (χ1n) is 7.06. The van der Waals surface area contributed by atoms with Crippen LogP contribution in [-0.4, -0.2) is 17.4 Å². The molecule has 0 heterocycles. The van der Waals surface area contributed by atoms with E-state index in [4.69, 9.17) is 0 Å². The molecule has 0 aliphatic carbocycles. The number of aryl methyl sites for hydroxylation is 1. The lowest BCUT2D eigenvalue weighted by atomic mass is 10.1. The van der Waals surface area contributed by atoms with Crippen molar-refractivity contribution in [2.75, 3.05) is 6.54 Å². The van der Waals surface area contributed by atoms with Crippen molar-refractivity contribution >= 4 is 5.91 Å². The molecule has 0 aromatic heterocycles. The average molecular weight is 267 g/mol. The molecule has 0 radical (unpaired) electrons. The molecule has 2 heteroatoms. The van der Waals surface area contributed by atoms with Crippen LogP contribution in [0.3, 0.4) is 0 Å². The fraction of sp³-hybridized carbons (Fsp3) is 0.278. The average Bonchev–Trinajstić information content (AvgIpc) is 2.48. The molecule has 0 saturated heterocycles. The standard InChI is InChI=1S/C18H21NO/c1-3-19(14-17-7-5-4-6-8-17)18(20)13-16-11-9-15(2)10-12-16/h4-12H,3,13-14H2,1-2H3. The summed E-state index contributed by atoms with van der Waals surface area (Å²) in [4.78, 5) is 14.3. The predicted molar refractivity (Wildman–Crippen MR) is 82.4 cm³/mol. The van der Waals surface area contributed by atoms with E-state index in [1.165, 1.54) is 11.1 Å². The molecule has 2 nitrogen and oxygen atoms in total. The number of likely N-dealkylation sites (N-methyl/N-ethyl adjacent to an activating group) is 1. The van der Waals surface area contributed by atoms with Crippen molar-refractivity contribution in [3.63, 3.8) is 0 Å². The third-order valence-electron chi connectivity index (χ3n) is 3.43. The number of nitrogens with zero attached hydrogens (tertiary/aromatic N) is 1. The van der Waals surface area contributed by atoms with Gasteiger partial charge in [-0.25, -0.2) is 0 Å². The summed E-state index contributed by atoms with van der Waals surface area (Å²) < 4.78 is 0. The van der Waals surface area contributed by atoms with Crippen LogP contribution in [0, 0.1) is 6.92 Å². The van der Waals surface area contributed by atoms with Gasteiger partial charge in [-0.1, -0.05) is 60.2 Å². The lowest BCUT2D eigenvalue weighted by Gasteiger charge is -2.21. The van der Waals surface area contributed by atoms with Crippen LogP contribution in [0.4, 0.5) is 0 Å². The number of carbonyl (C=O) groups is 1. The van der Waals surface area contributed by atoms with Crippen LogP contribution >= 0.6 is 0 Å². The molecular formula is C18H21NO. The molecule has 0 aliphatic rings. The van der Waals surface area contributed by atoms with E-state index in [1.54, 1.807) is 0 Å². The summed E-state index contributed by atoms with van der Waals surface area (Å²) in [5.41, 5.74) is 3.47. The lowest BCUT2D eigenvalue weighted by molar-refractivity contribution is -0.130. The van der Waals surface area contributed by atoms with E-state index in [9.17, 15) is 4.79 Å². The van der Waals surface area contributed by atoms with Gasteiger partial charge in [0, 0.05) is 13.1 Å². The molecule has 2 aromatic rings. The molecule has 0 fully saturated rings. The molecule has 0 bridgehead atoms. The van der Waals surface area contributed by atoms with Crippen LogP contribution in [0.1, 0.15) is 23.6 Å². The second-order valence-corrected chi connectivity index (χ2v) is 5.06. The van der Waals surface area contributed by atoms with Crippen molar-refractivity contribution in [1.82, 2.24) is 4.90 Å². The van der Waals surface area contributed by atoms with Gasteiger partial charge >= 0.3 is 0 Å². The number of rotatable bonds is 5. The van der Waals surface area contributed by atoms with E-state index in [-0.39, 0.29) is 5.91 Å². The Balaban J connectivity index is 2.00. The summed E-state index contributed by atoms with van der Waals surface area (Å²) in [7, 11) is 0. The summed E-state index contributed by atoms with van der Waals surface area (Å²) in [5.74, 6) is 0.181. The van der Waals surface area contributed by atoms with Gasteiger partial charge in [0.25, 0.3) is 0 Å². The highest BCUT2D eigenvalue weighted by molar-refractivity contribution is 5.78. The Morgan fingerprint density at radius 3 is 2.20 bits per heavy atom. The second kappa shape index (κ2) is 6.90. The van der Waals surface area contributed by atoms with Crippen molar-refractivity contribution in [3.8, 4) is 0 Å². The molecule has 1 amide bonds. The highest BCUT2D eigenvalue weighted by atomic mass is 16.2. The number of hydrogen-bond donors (Lipinski definition) is 0. The van der Waals surface area contributed by atoms with Crippen molar-refractivity contribution in [3.05, 3.63) is 71.3 Å². The fourth-order valence-corrected chi connectivity index (χ4v) is 2.17. The summed E-state index contributed by atoms with van der Waals surface area (Å²) >= 11 is 0. The Morgan fingerprint density at radius 1 is 0.950 bits per heavy atom. The van der Waals surface area contributed by atoms with Crippen LogP contribution in [0.2, 0.25) is 0 Å². The number of benzene rings is 2. The third-order valence-corrected chi connectivity index (χ3v) is 3.43. The molecular weight excluding hydrogens is 246 g/mol. The second-order valence-electron chi connectivity index (χ2n) is 5.06. The minimum atomic E-state index is 0.181. The van der Waals surface area contributed by atoms with Crippen molar-refractivity contribution in [2.24, 2.45) is 0 Å². The number of carbonyl (C=O) groups excluding carboxylic acids is 1. The van der Waals surface area contributed by atoms with Gasteiger partial charge in [-0.2, -0.15) is 0 Å². The van der Waals surface area contributed by atoms with E-state index in [0.717, 1.165) is 12.1 Å². The van der Waals surface area contributed by atoms with Gasteiger partial charge in [-0.05, 0) is 25.0 Å². The smallest absolute Gasteiger partial charge is 0.227 e. The Hall–Kier alpha value is -2.09. The van der Waals surface area contributed by atoms with Crippen LogP contribution < -0.4 is 0 Å². The SMILES string of the molecule is CCN(Cc1ccccc1)C(=O)Cc1ccc(C)cc1. The van der Waals surface area contributed by atoms with Crippen LogP contribution in [0.15, 0.2) is 54.6 Å². The van der Waals surface area contributed by atoms with Gasteiger partial charge in [0.05, 0.1) is 6.42 Å². The highest BCUT2D eigenvalue weighted by Gasteiger charge is 2.12. The Bertz CT molecular complexity index is 545. The van der Waals surface area contributed by atoms with E-state index >= 15 is 0 Å². The van der Waals surface area contributed by atoms with Gasteiger partial charge in [-0.15, -0.1) is 0 Å². The fourth-order valence-electron chi connectivity index (χ4n) is 2.17. The summed E-state index contributed by atoms with van der Waals surface area (Å²) in [6, 6.07) is 18.3. The van der Waals surface area contributed by atoms with Gasteiger partial charge in [0.15, 0.2) is 0 Å². The molecule has 2 rings (SSSR count). The first-order chi connectivity index (χ1) is 9.69. The molecule has 0 saturated carbocycles. The summed E-state index contributed by atoms with van der Waals surface area (Å²) in [6.07, 6.45) is 0.473. The van der Waals surface area contributed by atoms with Crippen LogP contribution in [0.25, 0.3) is 0 Å². The first kappa shape index (κ1) is 14.3. The number of amides is 1. The maximum atomic E-state index is 12.4. The molecule has 0 atom stereocenters. The van der Waals surface area contributed by atoms with E-state index in [2.05, 4.69) is 31.2 Å². The maximum Gasteiger partial charge on any atom is 0.227 e. The lowest BCUT2D eigenvalue weighted by Crippen LogP contribution is -2.31. The van der Waals surface area contributed by atoms with Crippen molar-refractivity contribution in [2.45, 2.75) is 26.8 Å². The third kappa shape index (κ3) is 3.95. The molecule has 0 aliphatic heterocycles. The summed E-state index contributed by atoms with van der Waals surface area (Å²) in [6.45, 7) is 5.50. The minimum Gasteiger partial charge on any atom is -0.338 e. The van der Waals surface area contributed by atoms with Crippen molar-refractivity contribution < 1.29 is 4.79 Å². The van der Waals surface area contributed by atoms with E-state index in [1.807, 2.05) is 42.2 Å². The zero-order valence-electron chi connectivity index (χ0n) is 12.2. The summed E-state index contributed by atoms with van der Waals surface area (Å²) in [5, 5.41) is 0. The zero-order valence-corrected chi connectivity index (χ0v) is 12.2. The quantitative estimate of drug-likeness (QED) is 0.810. The zero-order chi connectivity index (χ0) is 14.4. The van der Waals surface area contributed by atoms with Gasteiger partial charge in [-0.3, -0.25) is 4.79 Å². The van der Waals surface area contributed by atoms with Gasteiger partial charge in [0.2, 0.25) is 5.91 Å². The normalized spacial score (nSPS) is 10.3. The molecule has 2 aromatic carbocycles. The topological polar surface area (TPSA) is 20.3 Å². The first-order valence-corrected chi connectivity index (χ1v) is 7.06. The monoisotopic (exact) mass is 267 g/mol. The Kier molecular flexibility index (Phi) is 4.94. The molecule has 104 valence electrons. The maximum absolute atomic E-state index is 12.4. The van der Waals surface area contributed by atoms with Crippen LogP contribution in [-0.2, 0) is 17.8 Å². The highest BCUT2D eigenvalue weighted by Crippen LogP contribution is 2.09. The molecule has 0 unspecified atom stereocenters. The largest absolute Gasteiger partial charge is 0.338 e. The van der Waals surface area contributed by atoms with E-state index < -0.39 is 0 Å². The van der Waals surface area contributed by atoms with E-state index in [0.29, 0.717) is 13.0 Å². The van der Waals surface area contributed by atoms with Gasteiger partial charge < -0.3 is 4.90 Å². The Morgan fingerprint density at radius 2 is 1.60 bits per heavy atom. The van der Waals surface area contributed by atoms with Crippen molar-refractivity contribution in [1.29, 1.82) is 0 Å². The van der Waals surface area contributed by atoms with Crippen LogP contribution in [0.5, 0.6) is 0 Å². The predicted octanol–water partition coefficient (Wildman–Crippen LogP) is 3.59. The Labute approximate surface area is 121 Å². The molecule has 0 spiro atoms. The molecule has 20 heavy (non-hydrogen) atoms.